The molecule has 0 spiro atoms. The number of carboxylic acid groups (broad SMARTS) is 1. The Balaban J connectivity index is 2.39. The van der Waals surface area contributed by atoms with E-state index in [1.165, 1.54) is 30.3 Å². The van der Waals surface area contributed by atoms with Crippen molar-refractivity contribution >= 4 is 21.9 Å². The fraction of sp³-hybridized carbons (Fsp3) is 0. The highest BCUT2D eigenvalue weighted by Gasteiger charge is 2.12. The Kier molecular flexibility index (Phi) is 3.62. The summed E-state index contributed by atoms with van der Waals surface area (Å²) in [5, 5.41) is 9.02. The van der Waals surface area contributed by atoms with E-state index in [1.54, 1.807) is 12.1 Å². The normalized spacial score (nSPS) is 10.1. The van der Waals surface area contributed by atoms with Crippen LogP contribution in [-0.2, 0) is 0 Å². The van der Waals surface area contributed by atoms with Crippen molar-refractivity contribution in [2.75, 3.05) is 0 Å². The number of hydrogen-bond acceptors (Lipinski definition) is 2. The zero-order valence-electron chi connectivity index (χ0n) is 9.06. The maximum atomic E-state index is 13.0. The number of halogens is 2. The molecule has 2 aromatic carbocycles. The van der Waals surface area contributed by atoms with Gasteiger partial charge in [-0.25, -0.2) is 9.18 Å². The van der Waals surface area contributed by atoms with Gasteiger partial charge < -0.3 is 9.84 Å². The Morgan fingerprint density at radius 3 is 2.67 bits per heavy atom. The minimum absolute atomic E-state index is 0.0162. The third-order valence-corrected chi connectivity index (χ3v) is 2.69. The summed E-state index contributed by atoms with van der Waals surface area (Å²) >= 11 is 3.23. The number of hydrogen-bond donors (Lipinski definition) is 1. The third-order valence-electron chi connectivity index (χ3n) is 2.20. The van der Waals surface area contributed by atoms with Gasteiger partial charge in [0.05, 0.1) is 0 Å². The topological polar surface area (TPSA) is 46.5 Å². The van der Waals surface area contributed by atoms with E-state index in [0.717, 1.165) is 0 Å². The lowest BCUT2D eigenvalue weighted by Crippen LogP contribution is -2.00. The number of carbonyl (C=O) groups is 1. The van der Waals surface area contributed by atoms with Crippen LogP contribution in [0.1, 0.15) is 10.4 Å². The largest absolute Gasteiger partial charge is 0.478 e. The van der Waals surface area contributed by atoms with Crippen molar-refractivity contribution in [2.45, 2.75) is 0 Å². The molecule has 0 atom stereocenters. The van der Waals surface area contributed by atoms with Crippen molar-refractivity contribution in [1.82, 2.24) is 0 Å². The van der Waals surface area contributed by atoms with Crippen LogP contribution in [0.5, 0.6) is 11.5 Å². The van der Waals surface area contributed by atoms with Crippen LogP contribution >= 0.6 is 15.9 Å². The first-order valence-corrected chi connectivity index (χ1v) is 5.82. The Bertz CT molecular complexity index is 599. The van der Waals surface area contributed by atoms with Gasteiger partial charge in [-0.2, -0.15) is 0 Å². The van der Waals surface area contributed by atoms with Crippen molar-refractivity contribution in [1.29, 1.82) is 0 Å². The van der Waals surface area contributed by atoms with Crippen LogP contribution < -0.4 is 4.74 Å². The van der Waals surface area contributed by atoms with Crippen LogP contribution in [0.2, 0.25) is 0 Å². The Morgan fingerprint density at radius 2 is 2.00 bits per heavy atom. The lowest BCUT2D eigenvalue weighted by Gasteiger charge is -2.09. The van der Waals surface area contributed by atoms with E-state index >= 15 is 0 Å². The molecule has 0 aliphatic rings. The lowest BCUT2D eigenvalue weighted by molar-refractivity contribution is 0.0694. The Labute approximate surface area is 111 Å². The summed E-state index contributed by atoms with van der Waals surface area (Å²) in [5.74, 6) is -1.15. The molecule has 0 saturated heterocycles. The molecule has 3 nitrogen and oxygen atoms in total. The molecule has 2 aromatic rings. The van der Waals surface area contributed by atoms with Gasteiger partial charge in [0, 0.05) is 10.5 Å². The highest BCUT2D eigenvalue weighted by molar-refractivity contribution is 9.10. The van der Waals surface area contributed by atoms with E-state index in [-0.39, 0.29) is 17.1 Å². The van der Waals surface area contributed by atoms with Crippen molar-refractivity contribution < 1.29 is 19.0 Å². The molecule has 1 N–H and O–H groups in total. The molecule has 0 aliphatic heterocycles. The van der Waals surface area contributed by atoms with Crippen LogP contribution in [0.3, 0.4) is 0 Å². The monoisotopic (exact) mass is 310 g/mol. The number of aromatic carboxylic acids is 1. The number of benzene rings is 2. The van der Waals surface area contributed by atoms with Gasteiger partial charge in [-0.15, -0.1) is 0 Å². The standard InChI is InChI=1S/C13H8BrFO3/c14-8-4-5-11(13(16)17)12(6-8)18-10-3-1-2-9(15)7-10/h1-7H,(H,16,17). The summed E-state index contributed by atoms with van der Waals surface area (Å²) in [5.41, 5.74) is 0.0162. The molecule has 0 fully saturated rings. The van der Waals surface area contributed by atoms with E-state index in [2.05, 4.69) is 15.9 Å². The predicted octanol–water partition coefficient (Wildman–Crippen LogP) is 4.08. The Hall–Kier alpha value is -1.88. The van der Waals surface area contributed by atoms with Gasteiger partial charge in [0.25, 0.3) is 0 Å². The summed E-state index contributed by atoms with van der Waals surface area (Å²) in [4.78, 5) is 11.0. The second-order valence-electron chi connectivity index (χ2n) is 3.51. The maximum absolute atomic E-state index is 13.0. The van der Waals surface area contributed by atoms with Gasteiger partial charge >= 0.3 is 5.97 Å². The van der Waals surface area contributed by atoms with Crippen molar-refractivity contribution in [3.05, 3.63) is 58.3 Å². The van der Waals surface area contributed by atoms with Crippen LogP contribution in [0.25, 0.3) is 0 Å². The SMILES string of the molecule is O=C(O)c1ccc(Br)cc1Oc1cccc(F)c1. The summed E-state index contributed by atoms with van der Waals surface area (Å²) < 4.78 is 19.1. The maximum Gasteiger partial charge on any atom is 0.339 e. The molecule has 0 saturated carbocycles. The quantitative estimate of drug-likeness (QED) is 0.929. The van der Waals surface area contributed by atoms with Crippen molar-refractivity contribution in [3.8, 4) is 11.5 Å². The molecule has 0 unspecified atom stereocenters. The second kappa shape index (κ2) is 5.18. The zero-order valence-corrected chi connectivity index (χ0v) is 10.6. The molecule has 92 valence electrons. The van der Waals surface area contributed by atoms with Crippen molar-refractivity contribution in [2.24, 2.45) is 0 Å². The Morgan fingerprint density at radius 1 is 1.22 bits per heavy atom. The first-order valence-electron chi connectivity index (χ1n) is 5.02. The van der Waals surface area contributed by atoms with Crippen LogP contribution in [0.4, 0.5) is 4.39 Å². The molecule has 2 rings (SSSR count). The van der Waals surface area contributed by atoms with Gasteiger partial charge in [-0.3, -0.25) is 0 Å². The molecule has 0 radical (unpaired) electrons. The van der Waals surface area contributed by atoms with Gasteiger partial charge in [0.1, 0.15) is 22.9 Å². The number of ether oxygens (including phenoxy) is 1. The summed E-state index contributed by atoms with van der Waals surface area (Å²) in [6, 6.07) is 10.1. The summed E-state index contributed by atoms with van der Waals surface area (Å²) in [6.07, 6.45) is 0. The fourth-order valence-electron chi connectivity index (χ4n) is 1.41. The number of carboxylic acids is 1. The molecule has 0 heterocycles. The molecule has 0 aromatic heterocycles. The van der Waals surface area contributed by atoms with Gasteiger partial charge in [0.15, 0.2) is 0 Å². The highest BCUT2D eigenvalue weighted by Crippen LogP contribution is 2.28. The van der Waals surface area contributed by atoms with E-state index in [0.29, 0.717) is 4.47 Å². The summed E-state index contributed by atoms with van der Waals surface area (Å²) in [6.45, 7) is 0. The van der Waals surface area contributed by atoms with Gasteiger partial charge in [-0.05, 0) is 30.3 Å². The molecule has 0 amide bonds. The van der Waals surface area contributed by atoms with Crippen LogP contribution in [-0.4, -0.2) is 11.1 Å². The zero-order chi connectivity index (χ0) is 13.1. The van der Waals surface area contributed by atoms with E-state index in [4.69, 9.17) is 9.84 Å². The first kappa shape index (κ1) is 12.6. The first-order chi connectivity index (χ1) is 8.56. The minimum atomic E-state index is -1.10. The average Bonchev–Trinajstić information content (AvgIpc) is 2.28. The average molecular weight is 311 g/mol. The molecular formula is C13H8BrFO3. The summed E-state index contributed by atoms with van der Waals surface area (Å²) in [7, 11) is 0. The molecular weight excluding hydrogens is 303 g/mol. The van der Waals surface area contributed by atoms with Crippen molar-refractivity contribution in [3.63, 3.8) is 0 Å². The van der Waals surface area contributed by atoms with Gasteiger partial charge in [-0.1, -0.05) is 22.0 Å². The minimum Gasteiger partial charge on any atom is -0.478 e. The highest BCUT2D eigenvalue weighted by atomic mass is 79.9. The van der Waals surface area contributed by atoms with Crippen LogP contribution in [0.15, 0.2) is 46.9 Å². The lowest BCUT2D eigenvalue weighted by atomic mass is 10.2. The van der Waals surface area contributed by atoms with E-state index < -0.39 is 11.8 Å². The molecule has 0 aliphatic carbocycles. The molecule has 0 bridgehead atoms. The van der Waals surface area contributed by atoms with E-state index in [9.17, 15) is 9.18 Å². The fourth-order valence-corrected chi connectivity index (χ4v) is 1.75. The van der Waals surface area contributed by atoms with Crippen LogP contribution in [0, 0.1) is 5.82 Å². The van der Waals surface area contributed by atoms with Gasteiger partial charge in [0.2, 0.25) is 0 Å². The third kappa shape index (κ3) is 2.87. The molecule has 18 heavy (non-hydrogen) atoms. The second-order valence-corrected chi connectivity index (χ2v) is 4.42. The predicted molar refractivity (Wildman–Crippen MR) is 67.6 cm³/mol. The molecule has 5 heteroatoms. The number of rotatable bonds is 3. The van der Waals surface area contributed by atoms with E-state index in [1.807, 2.05) is 0 Å². The smallest absolute Gasteiger partial charge is 0.339 e.